The van der Waals surface area contributed by atoms with Crippen molar-refractivity contribution < 1.29 is 4.79 Å². The fourth-order valence-corrected chi connectivity index (χ4v) is 2.96. The molecule has 0 bridgehead atoms. The zero-order valence-corrected chi connectivity index (χ0v) is 13.1. The van der Waals surface area contributed by atoms with Crippen LogP contribution in [0.25, 0.3) is 0 Å². The van der Waals surface area contributed by atoms with Crippen LogP contribution < -0.4 is 5.43 Å². The molecule has 1 atom stereocenters. The predicted octanol–water partition coefficient (Wildman–Crippen LogP) is 4.03. The molecule has 1 N–H and O–H groups in total. The average molecular weight is 325 g/mol. The fraction of sp³-hybridized carbons (Fsp3) is 0.143. The molecule has 0 aliphatic heterocycles. The molecule has 20 heavy (non-hydrogen) atoms. The van der Waals surface area contributed by atoms with Gasteiger partial charge in [0, 0.05) is 14.8 Å². The van der Waals surface area contributed by atoms with Gasteiger partial charge in [-0.15, -0.1) is 23.1 Å². The number of thiophene rings is 1. The Morgan fingerprint density at radius 3 is 2.80 bits per heavy atom. The van der Waals surface area contributed by atoms with Crippen LogP contribution >= 0.6 is 34.7 Å². The van der Waals surface area contributed by atoms with E-state index in [1.807, 2.05) is 48.7 Å². The minimum atomic E-state index is -0.225. The number of halogens is 1. The second-order valence-corrected chi connectivity index (χ2v) is 6.79. The number of thioether (sulfide) groups is 1. The summed E-state index contributed by atoms with van der Waals surface area (Å²) in [5, 5.41) is 6.36. The van der Waals surface area contributed by atoms with Crippen LogP contribution in [0, 0.1) is 0 Å². The summed E-state index contributed by atoms with van der Waals surface area (Å²) in [5.74, 6) is -0.127. The van der Waals surface area contributed by atoms with E-state index >= 15 is 0 Å². The maximum atomic E-state index is 11.9. The van der Waals surface area contributed by atoms with E-state index in [1.54, 1.807) is 17.6 Å². The van der Waals surface area contributed by atoms with Crippen molar-refractivity contribution in [2.24, 2.45) is 5.10 Å². The summed E-state index contributed by atoms with van der Waals surface area (Å²) in [5.41, 5.74) is 2.54. The number of carbonyl (C=O) groups excluding carboxylic acids is 1. The second kappa shape index (κ2) is 7.47. The lowest BCUT2D eigenvalue weighted by Gasteiger charge is -2.09. The Balaban J connectivity index is 1.84. The first kappa shape index (κ1) is 15.1. The number of hydrazone groups is 1. The number of hydrogen-bond donors (Lipinski definition) is 1. The molecule has 104 valence electrons. The molecular weight excluding hydrogens is 312 g/mol. The summed E-state index contributed by atoms with van der Waals surface area (Å²) in [6, 6.07) is 11.3. The van der Waals surface area contributed by atoms with E-state index < -0.39 is 0 Å². The largest absolute Gasteiger partial charge is 0.272 e. The van der Waals surface area contributed by atoms with Gasteiger partial charge in [-0.1, -0.05) is 17.7 Å². The molecule has 2 aromatic rings. The van der Waals surface area contributed by atoms with E-state index in [1.165, 1.54) is 11.8 Å². The number of rotatable bonds is 5. The first-order valence-corrected chi connectivity index (χ1v) is 8.07. The fourth-order valence-electron chi connectivity index (χ4n) is 1.39. The predicted molar refractivity (Wildman–Crippen MR) is 86.8 cm³/mol. The van der Waals surface area contributed by atoms with Crippen molar-refractivity contribution in [3.63, 3.8) is 0 Å². The molecule has 0 radical (unpaired) electrons. The SMILES string of the molecule is C[C@@H](Sc1ccc(Cl)cc1)C(=O)N/N=C\c1cccs1. The Bertz CT molecular complexity index is 582. The quantitative estimate of drug-likeness (QED) is 0.512. The molecule has 0 fully saturated rings. The number of nitrogens with zero attached hydrogens (tertiary/aromatic N) is 1. The lowest BCUT2D eigenvalue weighted by atomic mass is 10.4. The third-order valence-electron chi connectivity index (χ3n) is 2.41. The maximum Gasteiger partial charge on any atom is 0.253 e. The van der Waals surface area contributed by atoms with Crippen LogP contribution in [-0.2, 0) is 4.79 Å². The molecule has 0 spiro atoms. The molecule has 1 amide bonds. The normalized spacial score (nSPS) is 12.5. The molecule has 1 aromatic carbocycles. The summed E-state index contributed by atoms with van der Waals surface area (Å²) in [4.78, 5) is 13.9. The molecule has 3 nitrogen and oxygen atoms in total. The molecule has 0 saturated carbocycles. The molecule has 0 aliphatic rings. The third-order valence-corrected chi connectivity index (χ3v) is 4.58. The van der Waals surface area contributed by atoms with Crippen LogP contribution in [0.2, 0.25) is 5.02 Å². The minimum Gasteiger partial charge on any atom is -0.272 e. The topological polar surface area (TPSA) is 41.5 Å². The highest BCUT2D eigenvalue weighted by Crippen LogP contribution is 2.24. The van der Waals surface area contributed by atoms with Gasteiger partial charge in [-0.2, -0.15) is 5.10 Å². The number of benzene rings is 1. The van der Waals surface area contributed by atoms with Crippen molar-refractivity contribution in [1.82, 2.24) is 5.43 Å². The van der Waals surface area contributed by atoms with Crippen LogP contribution in [0.5, 0.6) is 0 Å². The van der Waals surface area contributed by atoms with E-state index in [4.69, 9.17) is 11.6 Å². The Morgan fingerprint density at radius 1 is 1.40 bits per heavy atom. The first-order valence-electron chi connectivity index (χ1n) is 5.94. The highest BCUT2D eigenvalue weighted by Gasteiger charge is 2.13. The van der Waals surface area contributed by atoms with E-state index in [0.717, 1.165) is 9.77 Å². The molecular formula is C14H13ClN2OS2. The van der Waals surface area contributed by atoms with Crippen molar-refractivity contribution in [1.29, 1.82) is 0 Å². The first-order chi connectivity index (χ1) is 9.65. The highest BCUT2D eigenvalue weighted by molar-refractivity contribution is 8.00. The van der Waals surface area contributed by atoms with Gasteiger partial charge >= 0.3 is 0 Å². The molecule has 2 rings (SSSR count). The zero-order chi connectivity index (χ0) is 14.4. The van der Waals surface area contributed by atoms with Gasteiger partial charge < -0.3 is 0 Å². The molecule has 1 heterocycles. The zero-order valence-electron chi connectivity index (χ0n) is 10.7. The summed E-state index contributed by atoms with van der Waals surface area (Å²) in [6.07, 6.45) is 1.64. The van der Waals surface area contributed by atoms with E-state index in [9.17, 15) is 4.79 Å². The lowest BCUT2D eigenvalue weighted by Crippen LogP contribution is -2.26. The van der Waals surface area contributed by atoms with Gasteiger partial charge in [-0.25, -0.2) is 5.43 Å². The van der Waals surface area contributed by atoms with Gasteiger partial charge in [0.05, 0.1) is 11.5 Å². The Labute approximate surface area is 131 Å². The number of carbonyl (C=O) groups is 1. The average Bonchev–Trinajstić information content (AvgIpc) is 2.94. The summed E-state index contributed by atoms with van der Waals surface area (Å²) in [6.45, 7) is 1.84. The summed E-state index contributed by atoms with van der Waals surface area (Å²) in [7, 11) is 0. The van der Waals surface area contributed by atoms with Gasteiger partial charge in [-0.3, -0.25) is 4.79 Å². The van der Waals surface area contributed by atoms with Crippen LogP contribution in [0.3, 0.4) is 0 Å². The van der Waals surface area contributed by atoms with Crippen molar-refractivity contribution in [2.45, 2.75) is 17.1 Å². The van der Waals surface area contributed by atoms with Crippen LogP contribution in [0.1, 0.15) is 11.8 Å². The van der Waals surface area contributed by atoms with E-state index in [2.05, 4.69) is 10.5 Å². The van der Waals surface area contributed by atoms with Crippen molar-refractivity contribution in [3.8, 4) is 0 Å². The summed E-state index contributed by atoms with van der Waals surface area (Å²) >= 11 is 8.86. The van der Waals surface area contributed by atoms with Crippen molar-refractivity contribution in [3.05, 3.63) is 51.7 Å². The van der Waals surface area contributed by atoms with Crippen LogP contribution in [-0.4, -0.2) is 17.4 Å². The van der Waals surface area contributed by atoms with Crippen LogP contribution in [0.15, 0.2) is 51.8 Å². The molecule has 0 saturated heterocycles. The standard InChI is InChI=1S/C14H13ClN2OS2/c1-10(20-12-6-4-11(15)5-7-12)14(18)17-16-9-13-3-2-8-19-13/h2-10H,1H3,(H,17,18)/b16-9-/t10-/m1/s1. The van der Waals surface area contributed by atoms with Crippen molar-refractivity contribution in [2.75, 3.05) is 0 Å². The van der Waals surface area contributed by atoms with E-state index in [0.29, 0.717) is 5.02 Å². The van der Waals surface area contributed by atoms with Gasteiger partial charge in [0.2, 0.25) is 0 Å². The van der Waals surface area contributed by atoms with Gasteiger partial charge in [0.1, 0.15) is 0 Å². The molecule has 6 heteroatoms. The second-order valence-electron chi connectivity index (χ2n) is 3.96. The highest BCUT2D eigenvalue weighted by atomic mass is 35.5. The minimum absolute atomic E-state index is 0.127. The van der Waals surface area contributed by atoms with E-state index in [-0.39, 0.29) is 11.2 Å². The Kier molecular flexibility index (Phi) is 5.64. The van der Waals surface area contributed by atoms with Crippen LogP contribution in [0.4, 0.5) is 0 Å². The Hall–Kier alpha value is -1.30. The number of amides is 1. The smallest absolute Gasteiger partial charge is 0.253 e. The maximum absolute atomic E-state index is 11.9. The molecule has 0 aliphatic carbocycles. The Morgan fingerprint density at radius 2 is 2.15 bits per heavy atom. The number of nitrogens with one attached hydrogen (secondary N) is 1. The van der Waals surface area contributed by atoms with Crippen molar-refractivity contribution >= 4 is 46.8 Å². The molecule has 0 unspecified atom stereocenters. The lowest BCUT2D eigenvalue weighted by molar-refractivity contribution is -0.120. The molecule has 1 aromatic heterocycles. The third kappa shape index (κ3) is 4.67. The van der Waals surface area contributed by atoms with Gasteiger partial charge in [0.25, 0.3) is 5.91 Å². The van der Waals surface area contributed by atoms with Gasteiger partial charge in [0.15, 0.2) is 0 Å². The number of hydrogen-bond acceptors (Lipinski definition) is 4. The van der Waals surface area contributed by atoms with Gasteiger partial charge in [-0.05, 0) is 42.6 Å². The monoisotopic (exact) mass is 324 g/mol. The summed E-state index contributed by atoms with van der Waals surface area (Å²) < 4.78 is 0.